The zero-order chi connectivity index (χ0) is 11.5. The molecule has 1 amide bonds. The van der Waals surface area contributed by atoms with Gasteiger partial charge in [0.1, 0.15) is 5.69 Å². The van der Waals surface area contributed by atoms with Gasteiger partial charge < -0.3 is 9.88 Å². The summed E-state index contributed by atoms with van der Waals surface area (Å²) in [4.78, 5) is 11.9. The monoisotopic (exact) mass is 236 g/mol. The van der Waals surface area contributed by atoms with Crippen molar-refractivity contribution in [1.82, 2.24) is 9.88 Å². The number of aryl methyl sites for hydroxylation is 1. The number of hydrogen-bond donors (Lipinski definition) is 1. The van der Waals surface area contributed by atoms with E-state index in [0.717, 1.165) is 30.6 Å². The highest BCUT2D eigenvalue weighted by Gasteiger charge is 2.12. The van der Waals surface area contributed by atoms with Crippen LogP contribution in [-0.4, -0.2) is 17.0 Å². The summed E-state index contributed by atoms with van der Waals surface area (Å²) in [5.74, 6) is 0.0272. The molecule has 0 aliphatic carbocycles. The van der Waals surface area contributed by atoms with E-state index in [1.807, 2.05) is 29.1 Å². The maximum Gasteiger partial charge on any atom is 0.267 e. The Morgan fingerprint density at radius 2 is 2.38 bits per heavy atom. The highest BCUT2D eigenvalue weighted by atomic mass is 32.1. The fraction of sp³-hybridized carbons (Fsp3) is 0.417. The van der Waals surface area contributed by atoms with Gasteiger partial charge >= 0.3 is 0 Å². The molecule has 0 bridgehead atoms. The molecule has 2 aromatic rings. The van der Waals surface area contributed by atoms with E-state index in [0.29, 0.717) is 0 Å². The summed E-state index contributed by atoms with van der Waals surface area (Å²) in [6, 6.07) is 4.00. The smallest absolute Gasteiger partial charge is 0.267 e. The lowest BCUT2D eigenvalue weighted by atomic mass is 10.3. The van der Waals surface area contributed by atoms with Gasteiger partial charge in [0.15, 0.2) is 0 Å². The van der Waals surface area contributed by atoms with Crippen molar-refractivity contribution in [3.8, 4) is 0 Å². The Labute approximate surface area is 99.1 Å². The number of rotatable bonds is 4. The number of aromatic nitrogens is 1. The van der Waals surface area contributed by atoms with Crippen LogP contribution in [0.2, 0.25) is 0 Å². The summed E-state index contributed by atoms with van der Waals surface area (Å²) in [6.45, 7) is 2.87. The summed E-state index contributed by atoms with van der Waals surface area (Å²) in [5.41, 5.74) is 1.88. The minimum absolute atomic E-state index is 0.0272. The molecule has 1 N–H and O–H groups in total. The van der Waals surface area contributed by atoms with Crippen molar-refractivity contribution >= 4 is 27.5 Å². The van der Waals surface area contributed by atoms with Crippen LogP contribution in [-0.2, 0) is 7.05 Å². The SMILES string of the molecule is CCCCNC(=O)c1cc2sccc2n1C. The first-order valence-electron chi connectivity index (χ1n) is 5.55. The quantitative estimate of drug-likeness (QED) is 0.814. The number of hydrogen-bond acceptors (Lipinski definition) is 2. The maximum atomic E-state index is 11.9. The van der Waals surface area contributed by atoms with Crippen LogP contribution < -0.4 is 5.32 Å². The van der Waals surface area contributed by atoms with Crippen LogP contribution in [0.25, 0.3) is 10.2 Å². The van der Waals surface area contributed by atoms with Gasteiger partial charge in [-0.15, -0.1) is 11.3 Å². The summed E-state index contributed by atoms with van der Waals surface area (Å²) >= 11 is 1.67. The number of fused-ring (bicyclic) bond motifs is 1. The molecule has 0 saturated heterocycles. The van der Waals surface area contributed by atoms with Crippen molar-refractivity contribution in [2.75, 3.05) is 6.54 Å². The standard InChI is InChI=1S/C12H16N2OS/c1-3-4-6-13-12(15)10-8-11-9(14(10)2)5-7-16-11/h5,7-8H,3-4,6H2,1-2H3,(H,13,15). The number of thiophene rings is 1. The first-order valence-corrected chi connectivity index (χ1v) is 6.43. The summed E-state index contributed by atoms with van der Waals surface area (Å²) in [5, 5.41) is 4.98. The molecule has 0 spiro atoms. The van der Waals surface area contributed by atoms with E-state index in [1.54, 1.807) is 11.3 Å². The Morgan fingerprint density at radius 3 is 3.06 bits per heavy atom. The normalized spacial score (nSPS) is 10.9. The zero-order valence-corrected chi connectivity index (χ0v) is 10.4. The third-order valence-corrected chi connectivity index (χ3v) is 3.57. The van der Waals surface area contributed by atoms with Crippen LogP contribution in [0.5, 0.6) is 0 Å². The molecule has 3 nitrogen and oxygen atoms in total. The molecular weight excluding hydrogens is 220 g/mol. The second kappa shape index (κ2) is 4.70. The lowest BCUT2D eigenvalue weighted by Gasteiger charge is -2.05. The molecule has 16 heavy (non-hydrogen) atoms. The number of unbranched alkanes of at least 4 members (excludes halogenated alkanes) is 1. The van der Waals surface area contributed by atoms with Gasteiger partial charge in [0.05, 0.1) is 10.2 Å². The Balaban J connectivity index is 2.16. The third-order valence-electron chi connectivity index (χ3n) is 2.71. The number of carbonyl (C=O) groups is 1. The summed E-state index contributed by atoms with van der Waals surface area (Å²) in [6.07, 6.45) is 2.13. The molecule has 0 saturated carbocycles. The zero-order valence-electron chi connectivity index (χ0n) is 9.62. The predicted molar refractivity (Wildman–Crippen MR) is 68.0 cm³/mol. The second-order valence-electron chi connectivity index (χ2n) is 3.87. The van der Waals surface area contributed by atoms with Gasteiger partial charge in [-0.05, 0) is 23.9 Å². The largest absolute Gasteiger partial charge is 0.351 e. The third kappa shape index (κ3) is 1.97. The van der Waals surface area contributed by atoms with Crippen LogP contribution in [0.1, 0.15) is 30.3 Å². The fourth-order valence-electron chi connectivity index (χ4n) is 1.74. The minimum Gasteiger partial charge on any atom is -0.351 e. The Morgan fingerprint density at radius 1 is 1.56 bits per heavy atom. The first kappa shape index (κ1) is 11.2. The number of carbonyl (C=O) groups excluding carboxylic acids is 1. The van der Waals surface area contributed by atoms with Crippen molar-refractivity contribution in [3.05, 3.63) is 23.2 Å². The average Bonchev–Trinajstić information content (AvgIpc) is 2.82. The Hall–Kier alpha value is -1.29. The molecule has 2 rings (SSSR count). The van der Waals surface area contributed by atoms with E-state index in [-0.39, 0.29) is 5.91 Å². The number of nitrogens with zero attached hydrogens (tertiary/aromatic N) is 1. The molecule has 0 aliphatic rings. The maximum absolute atomic E-state index is 11.9. The van der Waals surface area contributed by atoms with Crippen molar-refractivity contribution in [2.24, 2.45) is 7.05 Å². The highest BCUT2D eigenvalue weighted by Crippen LogP contribution is 2.23. The predicted octanol–water partition coefficient (Wildman–Crippen LogP) is 2.77. The molecule has 2 heterocycles. The molecule has 4 heteroatoms. The van der Waals surface area contributed by atoms with Crippen molar-refractivity contribution in [2.45, 2.75) is 19.8 Å². The van der Waals surface area contributed by atoms with Gasteiger partial charge in [0, 0.05) is 13.6 Å². The lowest BCUT2D eigenvalue weighted by Crippen LogP contribution is -2.26. The highest BCUT2D eigenvalue weighted by molar-refractivity contribution is 7.17. The van der Waals surface area contributed by atoms with Gasteiger partial charge in [-0.1, -0.05) is 13.3 Å². The lowest BCUT2D eigenvalue weighted by molar-refractivity contribution is 0.0945. The van der Waals surface area contributed by atoms with Gasteiger partial charge in [-0.2, -0.15) is 0 Å². The van der Waals surface area contributed by atoms with E-state index in [1.165, 1.54) is 4.70 Å². The minimum atomic E-state index is 0.0272. The van der Waals surface area contributed by atoms with Crippen LogP contribution in [0.3, 0.4) is 0 Å². The molecule has 0 radical (unpaired) electrons. The van der Waals surface area contributed by atoms with Crippen molar-refractivity contribution in [1.29, 1.82) is 0 Å². The Kier molecular flexibility index (Phi) is 3.29. The second-order valence-corrected chi connectivity index (χ2v) is 4.82. The van der Waals surface area contributed by atoms with Gasteiger partial charge in [-0.25, -0.2) is 0 Å². The topological polar surface area (TPSA) is 34.0 Å². The average molecular weight is 236 g/mol. The van der Waals surface area contributed by atoms with Crippen LogP contribution in [0.15, 0.2) is 17.5 Å². The van der Waals surface area contributed by atoms with E-state index in [2.05, 4.69) is 12.2 Å². The van der Waals surface area contributed by atoms with Gasteiger partial charge in [0.25, 0.3) is 5.91 Å². The van der Waals surface area contributed by atoms with Gasteiger partial charge in [-0.3, -0.25) is 4.79 Å². The van der Waals surface area contributed by atoms with Crippen molar-refractivity contribution in [3.63, 3.8) is 0 Å². The van der Waals surface area contributed by atoms with Crippen molar-refractivity contribution < 1.29 is 4.79 Å². The van der Waals surface area contributed by atoms with Gasteiger partial charge in [0.2, 0.25) is 0 Å². The Bertz CT molecular complexity index is 498. The fourth-order valence-corrected chi connectivity index (χ4v) is 2.59. The van der Waals surface area contributed by atoms with E-state index >= 15 is 0 Å². The van der Waals surface area contributed by atoms with Crippen LogP contribution in [0.4, 0.5) is 0 Å². The van der Waals surface area contributed by atoms with Crippen LogP contribution in [0, 0.1) is 0 Å². The number of nitrogens with one attached hydrogen (secondary N) is 1. The first-order chi connectivity index (χ1) is 7.74. The molecule has 0 unspecified atom stereocenters. The molecule has 0 aliphatic heterocycles. The molecule has 0 aromatic carbocycles. The molecule has 86 valence electrons. The summed E-state index contributed by atoms with van der Waals surface area (Å²) in [7, 11) is 1.93. The summed E-state index contributed by atoms with van der Waals surface area (Å²) < 4.78 is 3.12. The molecular formula is C12H16N2OS. The van der Waals surface area contributed by atoms with Crippen LogP contribution >= 0.6 is 11.3 Å². The molecule has 0 fully saturated rings. The van der Waals surface area contributed by atoms with E-state index < -0.39 is 0 Å². The van der Waals surface area contributed by atoms with E-state index in [9.17, 15) is 4.79 Å². The number of amides is 1. The molecule has 2 aromatic heterocycles. The van der Waals surface area contributed by atoms with E-state index in [4.69, 9.17) is 0 Å². The molecule has 0 atom stereocenters.